The standard InChI is InChI=1S/C28H25N3O6/c1-3-30(4-2)25(33)18-9-13-20(14-10-18)29-24(32)17-37-28(36)19-11-15-21(16-12-19)31-26(34)22-7-5-6-8-23(22)27(31)35/h5-16H,3-4,17H2,1-2H3,(H,29,32). The molecule has 0 saturated heterocycles. The molecule has 0 bridgehead atoms. The highest BCUT2D eigenvalue weighted by Crippen LogP contribution is 2.28. The van der Waals surface area contributed by atoms with Gasteiger partial charge in [0, 0.05) is 24.3 Å². The number of carbonyl (C=O) groups excluding carboxylic acids is 5. The predicted octanol–water partition coefficient (Wildman–Crippen LogP) is 3.76. The fraction of sp³-hybridized carbons (Fsp3) is 0.179. The van der Waals surface area contributed by atoms with Crippen molar-refractivity contribution in [3.63, 3.8) is 0 Å². The third kappa shape index (κ3) is 5.25. The molecular weight excluding hydrogens is 474 g/mol. The van der Waals surface area contributed by atoms with Gasteiger partial charge < -0.3 is 15.0 Å². The van der Waals surface area contributed by atoms with Gasteiger partial charge in [0.25, 0.3) is 23.6 Å². The van der Waals surface area contributed by atoms with Crippen molar-refractivity contribution in [1.29, 1.82) is 0 Å². The first-order valence-electron chi connectivity index (χ1n) is 11.8. The normalized spacial score (nSPS) is 12.2. The van der Waals surface area contributed by atoms with Crippen LogP contribution in [0, 0.1) is 0 Å². The molecular formula is C28H25N3O6. The molecule has 1 N–H and O–H groups in total. The monoisotopic (exact) mass is 499 g/mol. The van der Waals surface area contributed by atoms with Gasteiger partial charge in [-0.1, -0.05) is 12.1 Å². The highest BCUT2D eigenvalue weighted by molar-refractivity contribution is 6.34. The van der Waals surface area contributed by atoms with E-state index in [4.69, 9.17) is 4.74 Å². The summed E-state index contributed by atoms with van der Waals surface area (Å²) < 4.78 is 5.08. The van der Waals surface area contributed by atoms with Gasteiger partial charge in [-0.15, -0.1) is 0 Å². The van der Waals surface area contributed by atoms with Gasteiger partial charge in [-0.3, -0.25) is 19.2 Å². The highest BCUT2D eigenvalue weighted by Gasteiger charge is 2.36. The van der Waals surface area contributed by atoms with Crippen molar-refractivity contribution >= 4 is 41.0 Å². The Morgan fingerprint density at radius 3 is 1.86 bits per heavy atom. The maximum atomic E-state index is 12.6. The van der Waals surface area contributed by atoms with Gasteiger partial charge >= 0.3 is 5.97 Å². The topological polar surface area (TPSA) is 113 Å². The van der Waals surface area contributed by atoms with Gasteiger partial charge in [-0.25, -0.2) is 9.69 Å². The summed E-state index contributed by atoms with van der Waals surface area (Å²) in [6.07, 6.45) is 0. The van der Waals surface area contributed by atoms with Gasteiger partial charge in [0.1, 0.15) is 0 Å². The van der Waals surface area contributed by atoms with E-state index in [0.717, 1.165) is 4.90 Å². The molecule has 0 aromatic heterocycles. The molecule has 0 unspecified atom stereocenters. The molecule has 3 aromatic rings. The van der Waals surface area contributed by atoms with E-state index in [2.05, 4.69) is 5.32 Å². The molecule has 1 aliphatic rings. The third-order valence-corrected chi connectivity index (χ3v) is 5.96. The van der Waals surface area contributed by atoms with Crippen LogP contribution in [-0.4, -0.2) is 54.2 Å². The Bertz CT molecular complexity index is 1330. The molecule has 9 nitrogen and oxygen atoms in total. The average Bonchev–Trinajstić information content (AvgIpc) is 3.18. The van der Waals surface area contributed by atoms with Crippen LogP contribution in [0.1, 0.15) is 55.3 Å². The molecule has 9 heteroatoms. The highest BCUT2D eigenvalue weighted by atomic mass is 16.5. The molecule has 4 rings (SSSR count). The fourth-order valence-electron chi connectivity index (χ4n) is 3.97. The number of esters is 1. The number of nitrogens with one attached hydrogen (secondary N) is 1. The summed E-state index contributed by atoms with van der Waals surface area (Å²) in [5.74, 6) is -2.23. The van der Waals surface area contributed by atoms with Crippen molar-refractivity contribution in [3.05, 3.63) is 95.1 Å². The molecule has 0 aliphatic carbocycles. The summed E-state index contributed by atoms with van der Waals surface area (Å²) in [6, 6.07) is 18.8. The summed E-state index contributed by atoms with van der Waals surface area (Å²) in [5.41, 5.74) is 2.11. The van der Waals surface area contributed by atoms with Crippen LogP contribution < -0.4 is 10.2 Å². The number of amides is 4. The van der Waals surface area contributed by atoms with E-state index in [9.17, 15) is 24.0 Å². The number of nitrogens with zero attached hydrogens (tertiary/aromatic N) is 2. The number of carbonyl (C=O) groups is 5. The van der Waals surface area contributed by atoms with Gasteiger partial charge in [0.2, 0.25) is 0 Å². The Morgan fingerprint density at radius 1 is 0.784 bits per heavy atom. The second kappa shape index (κ2) is 10.9. The lowest BCUT2D eigenvalue weighted by atomic mass is 10.1. The van der Waals surface area contributed by atoms with Gasteiger partial charge in [0.05, 0.1) is 22.4 Å². The zero-order valence-corrected chi connectivity index (χ0v) is 20.4. The first-order valence-corrected chi connectivity index (χ1v) is 11.8. The zero-order chi connectivity index (χ0) is 26.5. The van der Waals surface area contributed by atoms with E-state index < -0.39 is 30.3 Å². The molecule has 0 radical (unpaired) electrons. The van der Waals surface area contributed by atoms with E-state index >= 15 is 0 Å². The Balaban J connectivity index is 1.31. The Hall–Kier alpha value is -4.79. The van der Waals surface area contributed by atoms with E-state index in [1.165, 1.54) is 24.3 Å². The van der Waals surface area contributed by atoms with Crippen molar-refractivity contribution in [3.8, 4) is 0 Å². The Kier molecular flexibility index (Phi) is 7.43. The van der Waals surface area contributed by atoms with Crippen molar-refractivity contribution in [2.45, 2.75) is 13.8 Å². The number of hydrogen-bond donors (Lipinski definition) is 1. The number of rotatable bonds is 8. The minimum Gasteiger partial charge on any atom is -0.452 e. The number of fused-ring (bicyclic) bond motifs is 1. The molecule has 188 valence electrons. The van der Waals surface area contributed by atoms with Crippen LogP contribution in [0.25, 0.3) is 0 Å². The fourth-order valence-corrected chi connectivity index (χ4v) is 3.97. The predicted molar refractivity (Wildman–Crippen MR) is 137 cm³/mol. The number of hydrogen-bond acceptors (Lipinski definition) is 6. The summed E-state index contributed by atoms with van der Waals surface area (Å²) >= 11 is 0. The van der Waals surface area contributed by atoms with Crippen molar-refractivity contribution in [2.24, 2.45) is 0 Å². The van der Waals surface area contributed by atoms with Crippen LogP contribution in [0.15, 0.2) is 72.8 Å². The zero-order valence-electron chi connectivity index (χ0n) is 20.4. The lowest BCUT2D eigenvalue weighted by molar-refractivity contribution is -0.119. The van der Waals surface area contributed by atoms with Crippen LogP contribution in [0.5, 0.6) is 0 Å². The molecule has 1 heterocycles. The second-order valence-electron chi connectivity index (χ2n) is 8.22. The quantitative estimate of drug-likeness (QED) is 0.373. The van der Waals surface area contributed by atoms with E-state index in [1.807, 2.05) is 13.8 Å². The van der Waals surface area contributed by atoms with E-state index in [0.29, 0.717) is 41.2 Å². The lowest BCUT2D eigenvalue weighted by Crippen LogP contribution is -2.30. The van der Waals surface area contributed by atoms with Crippen LogP contribution in [0.3, 0.4) is 0 Å². The van der Waals surface area contributed by atoms with E-state index in [1.54, 1.807) is 53.4 Å². The minimum absolute atomic E-state index is 0.0918. The second-order valence-corrected chi connectivity index (χ2v) is 8.22. The summed E-state index contributed by atoms with van der Waals surface area (Å²) in [7, 11) is 0. The number of anilines is 2. The minimum atomic E-state index is -0.732. The van der Waals surface area contributed by atoms with Crippen LogP contribution in [0.4, 0.5) is 11.4 Å². The summed E-state index contributed by atoms with van der Waals surface area (Å²) in [4.78, 5) is 65.0. The third-order valence-electron chi connectivity index (χ3n) is 5.96. The first kappa shape index (κ1) is 25.3. The van der Waals surface area contributed by atoms with Crippen LogP contribution in [0.2, 0.25) is 0 Å². The van der Waals surface area contributed by atoms with Crippen molar-refractivity contribution < 1.29 is 28.7 Å². The number of imide groups is 1. The van der Waals surface area contributed by atoms with Gasteiger partial charge in [-0.05, 0) is 74.5 Å². The van der Waals surface area contributed by atoms with Gasteiger partial charge in [0.15, 0.2) is 6.61 Å². The lowest BCUT2D eigenvalue weighted by Gasteiger charge is -2.18. The Morgan fingerprint density at radius 2 is 1.32 bits per heavy atom. The Labute approximate surface area is 213 Å². The summed E-state index contributed by atoms with van der Waals surface area (Å²) in [5, 5.41) is 2.61. The van der Waals surface area contributed by atoms with Gasteiger partial charge in [-0.2, -0.15) is 0 Å². The molecule has 0 atom stereocenters. The maximum absolute atomic E-state index is 12.6. The van der Waals surface area contributed by atoms with Crippen molar-refractivity contribution in [1.82, 2.24) is 4.90 Å². The largest absolute Gasteiger partial charge is 0.452 e. The van der Waals surface area contributed by atoms with Crippen LogP contribution >= 0.6 is 0 Å². The molecule has 4 amide bonds. The van der Waals surface area contributed by atoms with Crippen LogP contribution in [-0.2, 0) is 9.53 Å². The molecule has 1 aliphatic heterocycles. The number of benzene rings is 3. The average molecular weight is 500 g/mol. The summed E-state index contributed by atoms with van der Waals surface area (Å²) in [6.45, 7) is 4.49. The molecule has 0 fully saturated rings. The molecule has 0 spiro atoms. The number of ether oxygens (including phenoxy) is 1. The van der Waals surface area contributed by atoms with E-state index in [-0.39, 0.29) is 11.5 Å². The molecule has 0 saturated carbocycles. The SMILES string of the molecule is CCN(CC)C(=O)c1ccc(NC(=O)COC(=O)c2ccc(N3C(=O)c4ccccc4C3=O)cc2)cc1. The smallest absolute Gasteiger partial charge is 0.338 e. The molecule has 37 heavy (non-hydrogen) atoms. The first-order chi connectivity index (χ1) is 17.8. The van der Waals surface area contributed by atoms with Crippen molar-refractivity contribution in [2.75, 3.05) is 29.9 Å². The maximum Gasteiger partial charge on any atom is 0.338 e. The molecule has 3 aromatic carbocycles.